The molecule has 0 radical (unpaired) electrons. The molecule has 0 aliphatic heterocycles. The minimum atomic E-state index is -0.686. The first-order valence-corrected chi connectivity index (χ1v) is 8.23. The highest BCUT2D eigenvalue weighted by atomic mass is 32.1. The average molecular weight is 298 g/mol. The minimum Gasteiger partial charge on any atom is -0.465 e. The van der Waals surface area contributed by atoms with Crippen LogP contribution in [0.5, 0.6) is 0 Å². The molecule has 5 heteroatoms. The van der Waals surface area contributed by atoms with Crippen molar-refractivity contribution < 1.29 is 9.53 Å². The van der Waals surface area contributed by atoms with Gasteiger partial charge in [-0.1, -0.05) is 13.3 Å². The summed E-state index contributed by atoms with van der Waals surface area (Å²) in [6.07, 6.45) is 2.33. The first-order chi connectivity index (χ1) is 9.47. The number of esters is 1. The highest BCUT2D eigenvalue weighted by Gasteiger charge is 2.34. The molecule has 0 bridgehead atoms. The smallest absolute Gasteiger partial charge is 0.317 e. The molecule has 1 aromatic heterocycles. The summed E-state index contributed by atoms with van der Waals surface area (Å²) in [4.78, 5) is 18.9. The zero-order valence-electron chi connectivity index (χ0n) is 13.2. The lowest BCUT2D eigenvalue weighted by Crippen LogP contribution is -2.32. The van der Waals surface area contributed by atoms with Crippen LogP contribution in [0.15, 0.2) is 5.38 Å². The molecule has 0 aromatic carbocycles. The van der Waals surface area contributed by atoms with Crippen LogP contribution in [-0.4, -0.2) is 30.6 Å². The summed E-state index contributed by atoms with van der Waals surface area (Å²) in [7, 11) is 0. The molecule has 0 N–H and O–H groups in total. The molecule has 0 aliphatic rings. The van der Waals surface area contributed by atoms with Gasteiger partial charge in [-0.2, -0.15) is 0 Å². The summed E-state index contributed by atoms with van der Waals surface area (Å²) in [6, 6.07) is 0. The van der Waals surface area contributed by atoms with Gasteiger partial charge >= 0.3 is 5.97 Å². The van der Waals surface area contributed by atoms with E-state index in [9.17, 15) is 4.79 Å². The largest absolute Gasteiger partial charge is 0.465 e. The first kappa shape index (κ1) is 17.0. The third-order valence-corrected chi connectivity index (χ3v) is 4.25. The van der Waals surface area contributed by atoms with E-state index in [-0.39, 0.29) is 5.97 Å². The fourth-order valence-corrected chi connectivity index (χ4v) is 2.94. The van der Waals surface area contributed by atoms with Crippen molar-refractivity contribution in [2.45, 2.75) is 52.9 Å². The van der Waals surface area contributed by atoms with Crippen LogP contribution in [0.2, 0.25) is 0 Å². The van der Waals surface area contributed by atoms with Gasteiger partial charge in [-0.05, 0) is 34.1 Å². The van der Waals surface area contributed by atoms with Crippen LogP contribution >= 0.6 is 11.3 Å². The van der Waals surface area contributed by atoms with Crippen molar-refractivity contribution in [2.75, 3.05) is 24.6 Å². The van der Waals surface area contributed by atoms with E-state index in [2.05, 4.69) is 23.7 Å². The Labute approximate surface area is 126 Å². The molecule has 0 saturated heterocycles. The van der Waals surface area contributed by atoms with E-state index in [4.69, 9.17) is 4.74 Å². The standard InChI is InChI=1S/C15H26N2O2S/c1-6-9-10-17(7-2)14-16-12(11-20-14)15(4,5)13(18)19-8-3/h11H,6-10H2,1-5H3. The Bertz CT molecular complexity index is 429. The van der Waals surface area contributed by atoms with Crippen molar-refractivity contribution >= 4 is 22.4 Å². The number of anilines is 1. The first-order valence-electron chi connectivity index (χ1n) is 7.35. The molecule has 1 aromatic rings. The van der Waals surface area contributed by atoms with Gasteiger partial charge in [-0.3, -0.25) is 4.79 Å². The second-order valence-corrected chi connectivity index (χ2v) is 6.13. The predicted molar refractivity (Wildman–Crippen MR) is 84.6 cm³/mol. The molecule has 20 heavy (non-hydrogen) atoms. The minimum absolute atomic E-state index is 0.214. The molecular formula is C15H26N2O2S. The fourth-order valence-electron chi connectivity index (χ4n) is 1.85. The summed E-state index contributed by atoms with van der Waals surface area (Å²) in [5, 5.41) is 2.97. The van der Waals surface area contributed by atoms with Gasteiger partial charge in [0, 0.05) is 18.5 Å². The lowest BCUT2D eigenvalue weighted by molar-refractivity contribution is -0.148. The van der Waals surface area contributed by atoms with Crippen molar-refractivity contribution in [3.8, 4) is 0 Å². The Balaban J connectivity index is 2.87. The van der Waals surface area contributed by atoms with Gasteiger partial charge in [-0.15, -0.1) is 11.3 Å². The van der Waals surface area contributed by atoms with Gasteiger partial charge in [0.1, 0.15) is 5.41 Å². The number of unbranched alkanes of at least 4 members (excludes halogenated alkanes) is 1. The highest BCUT2D eigenvalue weighted by Crippen LogP contribution is 2.30. The number of ether oxygens (including phenoxy) is 1. The lowest BCUT2D eigenvalue weighted by Gasteiger charge is -2.21. The van der Waals surface area contributed by atoms with E-state index in [1.807, 2.05) is 26.2 Å². The normalized spacial score (nSPS) is 11.4. The quantitative estimate of drug-likeness (QED) is 0.688. The van der Waals surface area contributed by atoms with Crippen molar-refractivity contribution in [3.63, 3.8) is 0 Å². The van der Waals surface area contributed by atoms with Crippen molar-refractivity contribution in [2.24, 2.45) is 0 Å². The molecular weight excluding hydrogens is 272 g/mol. The van der Waals surface area contributed by atoms with Crippen molar-refractivity contribution in [3.05, 3.63) is 11.1 Å². The maximum atomic E-state index is 12.0. The van der Waals surface area contributed by atoms with E-state index >= 15 is 0 Å². The highest BCUT2D eigenvalue weighted by molar-refractivity contribution is 7.13. The van der Waals surface area contributed by atoms with E-state index in [0.717, 1.165) is 30.3 Å². The molecule has 1 rings (SSSR count). The number of nitrogens with zero attached hydrogens (tertiary/aromatic N) is 2. The summed E-state index contributed by atoms with van der Waals surface area (Å²) >= 11 is 1.60. The maximum Gasteiger partial charge on any atom is 0.317 e. The average Bonchev–Trinajstić information content (AvgIpc) is 2.90. The summed E-state index contributed by atoms with van der Waals surface area (Å²) in [5.41, 5.74) is 0.112. The number of hydrogen-bond acceptors (Lipinski definition) is 5. The Morgan fingerprint density at radius 2 is 2.10 bits per heavy atom. The van der Waals surface area contributed by atoms with Gasteiger partial charge in [0.15, 0.2) is 5.13 Å². The van der Waals surface area contributed by atoms with E-state index in [1.165, 1.54) is 6.42 Å². The van der Waals surface area contributed by atoms with E-state index < -0.39 is 5.41 Å². The van der Waals surface area contributed by atoms with Crippen LogP contribution in [0.3, 0.4) is 0 Å². The number of aromatic nitrogens is 1. The zero-order valence-corrected chi connectivity index (χ0v) is 14.0. The summed E-state index contributed by atoms with van der Waals surface area (Å²) < 4.78 is 5.13. The molecule has 0 aliphatic carbocycles. The molecule has 114 valence electrons. The lowest BCUT2D eigenvalue weighted by atomic mass is 9.90. The molecule has 0 saturated carbocycles. The van der Waals surface area contributed by atoms with E-state index in [0.29, 0.717) is 6.61 Å². The fraction of sp³-hybridized carbons (Fsp3) is 0.733. The third-order valence-electron chi connectivity index (χ3n) is 3.35. The zero-order chi connectivity index (χ0) is 15.2. The number of carbonyl (C=O) groups is 1. The van der Waals surface area contributed by atoms with Crippen LogP contribution in [0.4, 0.5) is 5.13 Å². The predicted octanol–water partition coefficient (Wildman–Crippen LogP) is 3.61. The van der Waals surface area contributed by atoms with Crippen molar-refractivity contribution in [1.82, 2.24) is 4.98 Å². The monoisotopic (exact) mass is 298 g/mol. The topological polar surface area (TPSA) is 42.4 Å². The van der Waals surface area contributed by atoms with Crippen LogP contribution in [0, 0.1) is 0 Å². The van der Waals surface area contributed by atoms with Gasteiger partial charge in [-0.25, -0.2) is 4.98 Å². The Morgan fingerprint density at radius 3 is 2.65 bits per heavy atom. The van der Waals surface area contributed by atoms with Gasteiger partial charge < -0.3 is 9.64 Å². The molecule has 0 unspecified atom stereocenters. The Hall–Kier alpha value is -1.10. The van der Waals surface area contributed by atoms with Crippen LogP contribution in [0.25, 0.3) is 0 Å². The molecule has 1 heterocycles. The second kappa shape index (κ2) is 7.62. The second-order valence-electron chi connectivity index (χ2n) is 5.29. The molecule has 0 spiro atoms. The van der Waals surface area contributed by atoms with Crippen LogP contribution in [-0.2, 0) is 14.9 Å². The summed E-state index contributed by atoms with van der Waals surface area (Å²) in [6.45, 7) is 12.2. The number of carbonyl (C=O) groups excluding carboxylic acids is 1. The maximum absolute atomic E-state index is 12.0. The number of thiazole rings is 1. The Kier molecular flexibility index (Phi) is 6.46. The SMILES string of the molecule is CCCCN(CC)c1nc(C(C)(C)C(=O)OCC)cs1. The third kappa shape index (κ3) is 3.95. The van der Waals surface area contributed by atoms with Gasteiger partial charge in [0.05, 0.1) is 12.3 Å². The number of hydrogen-bond donors (Lipinski definition) is 0. The summed E-state index contributed by atoms with van der Waals surface area (Å²) in [5.74, 6) is -0.214. The van der Waals surface area contributed by atoms with Gasteiger partial charge in [0.25, 0.3) is 0 Å². The van der Waals surface area contributed by atoms with Crippen molar-refractivity contribution in [1.29, 1.82) is 0 Å². The molecule has 0 fully saturated rings. The van der Waals surface area contributed by atoms with Crippen LogP contribution in [0.1, 0.15) is 53.2 Å². The van der Waals surface area contributed by atoms with Crippen LogP contribution < -0.4 is 4.90 Å². The molecule has 0 amide bonds. The van der Waals surface area contributed by atoms with Gasteiger partial charge in [0.2, 0.25) is 0 Å². The van der Waals surface area contributed by atoms with E-state index in [1.54, 1.807) is 11.3 Å². The number of rotatable bonds is 8. The molecule has 4 nitrogen and oxygen atoms in total. The Morgan fingerprint density at radius 1 is 1.40 bits per heavy atom. The molecule has 0 atom stereocenters.